The van der Waals surface area contributed by atoms with Crippen LogP contribution in [0.4, 0.5) is 5.82 Å². The molecule has 0 atom stereocenters. The van der Waals surface area contributed by atoms with E-state index in [2.05, 4.69) is 20.9 Å². The molecular weight excluding hydrogens is 396 g/mol. The number of nitrogens with zero attached hydrogens (tertiary/aromatic N) is 4. The number of hydrogen-bond donors (Lipinski definition) is 0. The van der Waals surface area contributed by atoms with Crippen LogP contribution < -0.4 is 14.4 Å². The van der Waals surface area contributed by atoms with Gasteiger partial charge in [-0.3, -0.25) is 4.90 Å². The third kappa shape index (κ3) is 3.61. The fraction of sp³-hybridized carbons (Fsp3) is 0.478. The summed E-state index contributed by atoms with van der Waals surface area (Å²) in [4.78, 5) is 17.0. The third-order valence-electron chi connectivity index (χ3n) is 6.28. The molecule has 2 aliphatic rings. The van der Waals surface area contributed by atoms with Crippen molar-refractivity contribution < 1.29 is 9.47 Å². The summed E-state index contributed by atoms with van der Waals surface area (Å²) >= 11 is 1.87. The number of thiophene rings is 1. The van der Waals surface area contributed by atoms with Crippen molar-refractivity contribution in [2.45, 2.75) is 32.2 Å². The average Bonchev–Trinajstić information content (AvgIpc) is 3.18. The largest absolute Gasteiger partial charge is 0.497 e. The molecule has 3 aromatic rings. The number of methoxy groups -OCH3 is 2. The van der Waals surface area contributed by atoms with Crippen LogP contribution in [0.5, 0.6) is 11.5 Å². The number of fused-ring (bicyclic) bond motifs is 3. The lowest BCUT2D eigenvalue weighted by Crippen LogP contribution is -2.46. The Morgan fingerprint density at radius 2 is 1.83 bits per heavy atom. The van der Waals surface area contributed by atoms with E-state index in [0.29, 0.717) is 0 Å². The second-order valence-electron chi connectivity index (χ2n) is 8.03. The lowest BCUT2D eigenvalue weighted by molar-refractivity contribution is 0.245. The SMILES string of the molecule is COc1ccc(OC)c(CN2CCN(c3ncnc4sc5c(c34)CCCC5)CC2)c1. The summed E-state index contributed by atoms with van der Waals surface area (Å²) in [5, 5.41) is 1.32. The Morgan fingerprint density at radius 3 is 2.63 bits per heavy atom. The molecule has 1 aromatic carbocycles. The molecular formula is C23H28N4O2S. The van der Waals surface area contributed by atoms with Gasteiger partial charge in [0.1, 0.15) is 28.5 Å². The van der Waals surface area contributed by atoms with Crippen molar-refractivity contribution in [2.75, 3.05) is 45.3 Å². The van der Waals surface area contributed by atoms with E-state index in [1.165, 1.54) is 47.1 Å². The standard InChI is InChI=1S/C23H28N4O2S/c1-28-17-7-8-19(29-2)16(13-17)14-26-9-11-27(12-10-26)22-21-18-5-3-4-6-20(18)30-23(21)25-15-24-22/h7-8,13,15H,3-6,9-12,14H2,1-2H3. The molecule has 0 spiro atoms. The molecule has 1 aliphatic heterocycles. The molecule has 7 heteroatoms. The van der Waals surface area contributed by atoms with Crippen molar-refractivity contribution in [3.8, 4) is 11.5 Å². The van der Waals surface area contributed by atoms with Gasteiger partial charge >= 0.3 is 0 Å². The first-order valence-electron chi connectivity index (χ1n) is 10.7. The summed E-state index contributed by atoms with van der Waals surface area (Å²) in [6, 6.07) is 6.01. The van der Waals surface area contributed by atoms with Crippen LogP contribution in [0.15, 0.2) is 24.5 Å². The van der Waals surface area contributed by atoms with Crippen molar-refractivity contribution in [3.63, 3.8) is 0 Å². The fourth-order valence-electron chi connectivity index (χ4n) is 4.68. The second-order valence-corrected chi connectivity index (χ2v) is 9.11. The highest BCUT2D eigenvalue weighted by Gasteiger charge is 2.25. The molecule has 0 unspecified atom stereocenters. The number of hydrogen-bond acceptors (Lipinski definition) is 7. The van der Waals surface area contributed by atoms with Gasteiger partial charge in [-0.1, -0.05) is 0 Å². The number of ether oxygens (including phenoxy) is 2. The topological polar surface area (TPSA) is 50.7 Å². The molecule has 1 saturated heterocycles. The first kappa shape index (κ1) is 19.6. The minimum atomic E-state index is 0.862. The van der Waals surface area contributed by atoms with E-state index in [1.807, 2.05) is 23.5 Å². The van der Waals surface area contributed by atoms with Gasteiger partial charge in [-0.25, -0.2) is 9.97 Å². The lowest BCUT2D eigenvalue weighted by atomic mass is 9.97. The van der Waals surface area contributed by atoms with Gasteiger partial charge in [-0.2, -0.15) is 0 Å². The van der Waals surface area contributed by atoms with E-state index in [4.69, 9.17) is 14.5 Å². The van der Waals surface area contributed by atoms with Gasteiger partial charge in [0.15, 0.2) is 0 Å². The lowest BCUT2D eigenvalue weighted by Gasteiger charge is -2.36. The molecule has 1 fully saturated rings. The first-order valence-corrected chi connectivity index (χ1v) is 11.5. The van der Waals surface area contributed by atoms with Crippen LogP contribution in [-0.2, 0) is 19.4 Å². The van der Waals surface area contributed by atoms with E-state index in [-0.39, 0.29) is 0 Å². The van der Waals surface area contributed by atoms with Crippen molar-refractivity contribution in [2.24, 2.45) is 0 Å². The zero-order valence-corrected chi connectivity index (χ0v) is 18.5. The van der Waals surface area contributed by atoms with Gasteiger partial charge in [0.05, 0.1) is 19.6 Å². The van der Waals surface area contributed by atoms with Crippen molar-refractivity contribution in [1.82, 2.24) is 14.9 Å². The predicted molar refractivity (Wildman–Crippen MR) is 121 cm³/mol. The Balaban J connectivity index is 1.33. The quantitative estimate of drug-likeness (QED) is 0.619. The number of aryl methyl sites for hydroxylation is 2. The van der Waals surface area contributed by atoms with Crippen LogP contribution in [0.1, 0.15) is 28.8 Å². The molecule has 0 saturated carbocycles. The van der Waals surface area contributed by atoms with E-state index in [0.717, 1.165) is 54.9 Å². The maximum Gasteiger partial charge on any atom is 0.141 e. The summed E-state index contributed by atoms with van der Waals surface area (Å²) in [5.74, 6) is 2.92. The molecule has 0 N–H and O–H groups in total. The van der Waals surface area contributed by atoms with Crippen molar-refractivity contribution in [3.05, 3.63) is 40.5 Å². The normalized spacial score (nSPS) is 17.2. The zero-order valence-electron chi connectivity index (χ0n) is 17.7. The van der Waals surface area contributed by atoms with Crippen LogP contribution in [0.25, 0.3) is 10.2 Å². The van der Waals surface area contributed by atoms with Crippen LogP contribution >= 0.6 is 11.3 Å². The maximum absolute atomic E-state index is 5.56. The summed E-state index contributed by atoms with van der Waals surface area (Å²) in [7, 11) is 3.43. The first-order chi connectivity index (χ1) is 14.8. The molecule has 2 aromatic heterocycles. The van der Waals surface area contributed by atoms with Gasteiger partial charge in [-0.05, 0) is 49.4 Å². The highest BCUT2D eigenvalue weighted by molar-refractivity contribution is 7.19. The third-order valence-corrected chi connectivity index (χ3v) is 7.48. The number of benzene rings is 1. The van der Waals surface area contributed by atoms with Gasteiger partial charge in [0, 0.05) is 43.2 Å². The molecule has 5 rings (SSSR count). The Morgan fingerprint density at radius 1 is 1.00 bits per heavy atom. The van der Waals surface area contributed by atoms with Crippen LogP contribution in [0.3, 0.4) is 0 Å². The minimum absolute atomic E-state index is 0.862. The smallest absolute Gasteiger partial charge is 0.141 e. The second kappa shape index (κ2) is 8.40. The number of piperazine rings is 1. The highest BCUT2D eigenvalue weighted by atomic mass is 32.1. The van der Waals surface area contributed by atoms with Crippen LogP contribution in [0, 0.1) is 0 Å². The fourth-order valence-corrected chi connectivity index (χ4v) is 5.90. The molecule has 1 aliphatic carbocycles. The van der Waals surface area contributed by atoms with E-state index >= 15 is 0 Å². The maximum atomic E-state index is 5.56. The summed E-state index contributed by atoms with van der Waals surface area (Å²) in [5.41, 5.74) is 2.68. The van der Waals surface area contributed by atoms with Crippen molar-refractivity contribution in [1.29, 1.82) is 0 Å². The molecule has 0 radical (unpaired) electrons. The van der Waals surface area contributed by atoms with Gasteiger partial charge in [0.25, 0.3) is 0 Å². The van der Waals surface area contributed by atoms with Gasteiger partial charge < -0.3 is 14.4 Å². The van der Waals surface area contributed by atoms with E-state index in [1.54, 1.807) is 20.5 Å². The molecule has 6 nitrogen and oxygen atoms in total. The minimum Gasteiger partial charge on any atom is -0.497 e. The van der Waals surface area contributed by atoms with Crippen LogP contribution in [-0.4, -0.2) is 55.3 Å². The predicted octanol–water partition coefficient (Wildman–Crippen LogP) is 3.91. The monoisotopic (exact) mass is 424 g/mol. The average molecular weight is 425 g/mol. The highest BCUT2D eigenvalue weighted by Crippen LogP contribution is 2.39. The molecule has 0 amide bonds. The van der Waals surface area contributed by atoms with E-state index < -0.39 is 0 Å². The van der Waals surface area contributed by atoms with Crippen molar-refractivity contribution >= 4 is 27.4 Å². The molecule has 3 heterocycles. The van der Waals surface area contributed by atoms with Gasteiger partial charge in [0.2, 0.25) is 0 Å². The summed E-state index contributed by atoms with van der Waals surface area (Å²) < 4.78 is 11.0. The molecule has 0 bridgehead atoms. The zero-order chi connectivity index (χ0) is 20.5. The van der Waals surface area contributed by atoms with Gasteiger partial charge in [-0.15, -0.1) is 11.3 Å². The number of rotatable bonds is 5. The summed E-state index contributed by atoms with van der Waals surface area (Å²) in [6.45, 7) is 4.81. The van der Waals surface area contributed by atoms with E-state index in [9.17, 15) is 0 Å². The Bertz CT molecular complexity index is 1040. The Labute approximate surface area is 181 Å². The molecule has 30 heavy (non-hydrogen) atoms. The van der Waals surface area contributed by atoms with Crippen LogP contribution in [0.2, 0.25) is 0 Å². The number of anilines is 1. The Kier molecular flexibility index (Phi) is 5.48. The summed E-state index contributed by atoms with van der Waals surface area (Å²) in [6.07, 6.45) is 6.70. The molecule has 158 valence electrons. The number of aromatic nitrogens is 2. The Hall–Kier alpha value is -2.38.